The number of carbonyl (C=O) groups excluding carboxylic acids is 1. The van der Waals surface area contributed by atoms with Gasteiger partial charge in [0.25, 0.3) is 5.91 Å². The molecule has 1 aliphatic carbocycles. The highest BCUT2D eigenvalue weighted by Gasteiger charge is 2.36. The normalized spacial score (nSPS) is 14.2. The molecule has 256 valence electrons. The largest absolute Gasteiger partial charge is 0.488 e. The van der Waals surface area contributed by atoms with Crippen molar-refractivity contribution in [3.63, 3.8) is 0 Å². The number of rotatable bonds is 16. The number of nitrogens with one attached hydrogen (secondary N) is 1. The number of allylic oxidation sites excluding steroid dienone is 1. The van der Waals surface area contributed by atoms with Gasteiger partial charge in [-0.1, -0.05) is 117 Å². The molecule has 0 spiro atoms. The predicted molar refractivity (Wildman–Crippen MR) is 194 cm³/mol. The summed E-state index contributed by atoms with van der Waals surface area (Å²) in [5.74, 6) is 0.452. The van der Waals surface area contributed by atoms with Gasteiger partial charge in [0.15, 0.2) is 0 Å². The van der Waals surface area contributed by atoms with Gasteiger partial charge in [0.2, 0.25) is 0 Å². The molecule has 0 aromatic heterocycles. The van der Waals surface area contributed by atoms with Crippen molar-refractivity contribution in [2.75, 3.05) is 7.05 Å². The highest BCUT2D eigenvalue weighted by atomic mass is 16.5. The van der Waals surface area contributed by atoms with Crippen LogP contribution in [0.15, 0.2) is 104 Å². The average molecular weight is 661 g/mol. The zero-order valence-corrected chi connectivity index (χ0v) is 28.9. The summed E-state index contributed by atoms with van der Waals surface area (Å²) in [7, 11) is 1.78. The molecule has 0 unspecified atom stereocenters. The van der Waals surface area contributed by atoms with Crippen molar-refractivity contribution in [2.45, 2.75) is 77.8 Å². The Morgan fingerprint density at radius 1 is 0.816 bits per heavy atom. The van der Waals surface area contributed by atoms with Gasteiger partial charge in [0.05, 0.1) is 5.56 Å². The second-order valence-corrected chi connectivity index (χ2v) is 13.5. The van der Waals surface area contributed by atoms with E-state index in [1.165, 1.54) is 12.8 Å². The van der Waals surface area contributed by atoms with E-state index in [0.29, 0.717) is 55.7 Å². The molecule has 4 aromatic carbocycles. The zero-order valence-electron chi connectivity index (χ0n) is 28.9. The fraction of sp³-hybridized carbons (Fsp3) is 0.333. The van der Waals surface area contributed by atoms with Crippen LogP contribution < -0.4 is 14.8 Å². The van der Waals surface area contributed by atoms with E-state index < -0.39 is 11.5 Å². The Hall–Kier alpha value is -4.88. The number of carbonyl (C=O) groups is 2. The molecule has 7 heteroatoms. The Morgan fingerprint density at radius 2 is 1.37 bits per heavy atom. The van der Waals surface area contributed by atoms with Crippen molar-refractivity contribution in [1.82, 2.24) is 10.2 Å². The van der Waals surface area contributed by atoms with Crippen LogP contribution in [-0.4, -0.2) is 34.5 Å². The molecule has 0 aliphatic heterocycles. The van der Waals surface area contributed by atoms with Crippen LogP contribution in [0.1, 0.15) is 84.1 Å². The second kappa shape index (κ2) is 16.5. The first-order valence-electron chi connectivity index (χ1n) is 17.1. The average Bonchev–Trinajstić information content (AvgIpc) is 3.62. The van der Waals surface area contributed by atoms with Gasteiger partial charge in [-0.3, -0.25) is 14.9 Å². The molecule has 1 fully saturated rings. The van der Waals surface area contributed by atoms with E-state index in [-0.39, 0.29) is 5.91 Å². The molecule has 1 atom stereocenters. The second-order valence-electron chi connectivity index (χ2n) is 13.5. The number of nitrogens with zero attached hydrogens (tertiary/aromatic N) is 1. The topological polar surface area (TPSA) is 88.1 Å². The number of benzene rings is 4. The van der Waals surface area contributed by atoms with Crippen LogP contribution in [0.4, 0.5) is 0 Å². The predicted octanol–water partition coefficient (Wildman–Crippen LogP) is 8.66. The minimum absolute atomic E-state index is 0.196. The summed E-state index contributed by atoms with van der Waals surface area (Å²) in [6.07, 6.45) is 5.16. The van der Waals surface area contributed by atoms with Gasteiger partial charge >= 0.3 is 5.97 Å². The van der Waals surface area contributed by atoms with Crippen LogP contribution in [0.2, 0.25) is 0 Å². The highest BCUT2D eigenvalue weighted by molar-refractivity contribution is 5.98. The first-order chi connectivity index (χ1) is 23.6. The van der Waals surface area contributed by atoms with E-state index >= 15 is 0 Å². The van der Waals surface area contributed by atoms with Crippen molar-refractivity contribution in [3.05, 3.63) is 137 Å². The quantitative estimate of drug-likeness (QED) is 0.125. The van der Waals surface area contributed by atoms with Gasteiger partial charge in [0, 0.05) is 31.8 Å². The monoisotopic (exact) mass is 660 g/mol. The fourth-order valence-corrected chi connectivity index (χ4v) is 6.48. The van der Waals surface area contributed by atoms with Gasteiger partial charge in [-0.15, -0.1) is 0 Å². The molecule has 0 heterocycles. The lowest BCUT2D eigenvalue weighted by Gasteiger charge is -2.29. The number of carboxylic acids is 1. The van der Waals surface area contributed by atoms with Crippen LogP contribution in [-0.2, 0) is 31.1 Å². The Balaban J connectivity index is 1.34. The van der Waals surface area contributed by atoms with Crippen LogP contribution >= 0.6 is 0 Å². The summed E-state index contributed by atoms with van der Waals surface area (Å²) >= 11 is 0. The van der Waals surface area contributed by atoms with Gasteiger partial charge in [-0.2, -0.15) is 0 Å². The molecule has 0 saturated heterocycles. The number of hydrogen-bond acceptors (Lipinski definition) is 5. The van der Waals surface area contributed by atoms with Gasteiger partial charge in [-0.25, -0.2) is 0 Å². The number of aliphatic carboxylic acids is 1. The number of amides is 1. The maximum absolute atomic E-state index is 14.1. The van der Waals surface area contributed by atoms with Crippen molar-refractivity contribution in [1.29, 1.82) is 0 Å². The SMILES string of the molecule is C=C(C)c1cc(C(=O)N(C)Cc2cccc(CN[C@@](C)(CC3CCCC3)C(=O)O)c2)c(OCc2ccccc2)cc1OCc1ccccc1. The summed E-state index contributed by atoms with van der Waals surface area (Å²) in [5, 5.41) is 13.4. The lowest BCUT2D eigenvalue weighted by Crippen LogP contribution is -2.50. The molecule has 1 amide bonds. The third-order valence-electron chi connectivity index (χ3n) is 9.33. The first kappa shape index (κ1) is 35.4. The van der Waals surface area contributed by atoms with Gasteiger partial charge < -0.3 is 19.5 Å². The number of ether oxygens (including phenoxy) is 2. The van der Waals surface area contributed by atoms with Gasteiger partial charge in [-0.05, 0) is 60.1 Å². The standard InChI is InChI=1S/C42H48N2O5/c1-30(2)36-23-37(39(49-29-33-18-9-6-10-19-33)24-38(36)48-28-32-16-7-5-8-17-32)40(45)44(4)27-35-21-13-20-34(22-35)26-43-42(3,41(46)47)25-31-14-11-12-15-31/h5-10,13,16-24,31,43H,1,11-12,14-15,25-29H2,2-4H3,(H,46,47)/t42-/m0/s1. The molecule has 0 radical (unpaired) electrons. The molecule has 1 aliphatic rings. The van der Waals surface area contributed by atoms with E-state index in [4.69, 9.17) is 9.47 Å². The van der Waals surface area contributed by atoms with E-state index in [1.54, 1.807) is 24.9 Å². The molecular weight excluding hydrogens is 612 g/mol. The Morgan fingerprint density at radius 3 is 1.94 bits per heavy atom. The summed E-state index contributed by atoms with van der Waals surface area (Å²) in [6, 6.07) is 31.3. The number of hydrogen-bond donors (Lipinski definition) is 2. The maximum Gasteiger partial charge on any atom is 0.323 e. The molecule has 4 aromatic rings. The Kier molecular flexibility index (Phi) is 11.9. The molecule has 7 nitrogen and oxygen atoms in total. The third-order valence-corrected chi connectivity index (χ3v) is 9.33. The third kappa shape index (κ3) is 9.61. The summed E-state index contributed by atoms with van der Waals surface area (Å²) in [6.45, 7) is 9.30. The minimum Gasteiger partial charge on any atom is -0.488 e. The summed E-state index contributed by atoms with van der Waals surface area (Å²) in [5.41, 5.74) is 4.86. The molecule has 49 heavy (non-hydrogen) atoms. The van der Waals surface area contributed by atoms with E-state index in [2.05, 4.69) is 11.9 Å². The smallest absolute Gasteiger partial charge is 0.323 e. The van der Waals surface area contributed by atoms with Crippen LogP contribution in [0.25, 0.3) is 5.57 Å². The minimum atomic E-state index is -0.994. The summed E-state index contributed by atoms with van der Waals surface area (Å²) in [4.78, 5) is 28.1. The van der Waals surface area contributed by atoms with E-state index in [9.17, 15) is 14.7 Å². The van der Waals surface area contributed by atoms with Crippen molar-refractivity contribution in [3.8, 4) is 11.5 Å². The Labute approximate surface area is 290 Å². The van der Waals surface area contributed by atoms with Crippen LogP contribution in [0.5, 0.6) is 11.5 Å². The van der Waals surface area contributed by atoms with E-state index in [1.807, 2.05) is 97.9 Å². The molecule has 2 N–H and O–H groups in total. The van der Waals surface area contributed by atoms with E-state index in [0.717, 1.165) is 46.2 Å². The van der Waals surface area contributed by atoms with Crippen LogP contribution in [0.3, 0.4) is 0 Å². The van der Waals surface area contributed by atoms with Crippen molar-refractivity contribution in [2.24, 2.45) is 5.92 Å². The molecule has 0 bridgehead atoms. The molecule has 1 saturated carbocycles. The zero-order chi connectivity index (χ0) is 34.8. The van der Waals surface area contributed by atoms with Crippen LogP contribution in [0, 0.1) is 5.92 Å². The highest BCUT2D eigenvalue weighted by Crippen LogP contribution is 2.35. The first-order valence-corrected chi connectivity index (χ1v) is 17.1. The Bertz CT molecular complexity index is 1730. The molecular formula is C42H48N2O5. The number of carboxylic acid groups (broad SMARTS) is 1. The van der Waals surface area contributed by atoms with Crippen molar-refractivity contribution < 1.29 is 24.2 Å². The summed E-state index contributed by atoms with van der Waals surface area (Å²) < 4.78 is 12.6. The fourth-order valence-electron chi connectivity index (χ4n) is 6.48. The van der Waals surface area contributed by atoms with Crippen molar-refractivity contribution >= 4 is 17.4 Å². The lowest BCUT2D eigenvalue weighted by atomic mass is 9.87. The molecule has 5 rings (SSSR count). The maximum atomic E-state index is 14.1. The lowest BCUT2D eigenvalue weighted by molar-refractivity contribution is -0.145. The van der Waals surface area contributed by atoms with Gasteiger partial charge in [0.1, 0.15) is 30.3 Å².